The Morgan fingerprint density at radius 2 is 2.46 bits per heavy atom. The molecule has 0 atom stereocenters. The minimum atomic E-state index is -0.696. The SMILES string of the molecule is CCc1ncc(C2(C(=O)O)CC2)s1. The second kappa shape index (κ2) is 2.80. The lowest BCUT2D eigenvalue weighted by atomic mass is 10.1. The number of carboxylic acid groups (broad SMARTS) is 1. The Kier molecular flexibility index (Phi) is 1.87. The summed E-state index contributed by atoms with van der Waals surface area (Å²) >= 11 is 1.54. The maximum absolute atomic E-state index is 11.0. The van der Waals surface area contributed by atoms with Crippen LogP contribution in [0.5, 0.6) is 0 Å². The molecule has 1 N–H and O–H groups in total. The first-order chi connectivity index (χ1) is 6.19. The molecule has 1 aromatic heterocycles. The van der Waals surface area contributed by atoms with Gasteiger partial charge < -0.3 is 5.11 Å². The number of aromatic nitrogens is 1. The third kappa shape index (κ3) is 1.25. The standard InChI is InChI=1S/C9H11NO2S/c1-2-7-10-5-6(13-7)9(3-4-9)8(11)12/h5H,2-4H2,1H3,(H,11,12). The summed E-state index contributed by atoms with van der Waals surface area (Å²) in [6.07, 6.45) is 4.16. The largest absolute Gasteiger partial charge is 0.481 e. The van der Waals surface area contributed by atoms with Crippen LogP contribution in [0.25, 0.3) is 0 Å². The van der Waals surface area contributed by atoms with Gasteiger partial charge in [0.25, 0.3) is 0 Å². The van der Waals surface area contributed by atoms with Gasteiger partial charge in [-0.05, 0) is 19.3 Å². The van der Waals surface area contributed by atoms with Crippen LogP contribution in [-0.4, -0.2) is 16.1 Å². The molecule has 3 nitrogen and oxygen atoms in total. The molecule has 0 aromatic carbocycles. The van der Waals surface area contributed by atoms with Crippen molar-refractivity contribution < 1.29 is 9.90 Å². The van der Waals surface area contributed by atoms with Crippen LogP contribution in [0.2, 0.25) is 0 Å². The second-order valence-electron chi connectivity index (χ2n) is 3.36. The van der Waals surface area contributed by atoms with E-state index in [9.17, 15) is 4.79 Å². The number of rotatable bonds is 3. The summed E-state index contributed by atoms with van der Waals surface area (Å²) in [5.41, 5.74) is -0.564. The zero-order chi connectivity index (χ0) is 9.47. The number of aryl methyl sites for hydroxylation is 1. The van der Waals surface area contributed by atoms with E-state index >= 15 is 0 Å². The first kappa shape index (κ1) is 8.69. The molecule has 1 heterocycles. The van der Waals surface area contributed by atoms with E-state index in [4.69, 9.17) is 5.11 Å². The molecule has 0 radical (unpaired) electrons. The monoisotopic (exact) mass is 197 g/mol. The minimum Gasteiger partial charge on any atom is -0.481 e. The van der Waals surface area contributed by atoms with Gasteiger partial charge >= 0.3 is 5.97 Å². The fraction of sp³-hybridized carbons (Fsp3) is 0.556. The van der Waals surface area contributed by atoms with Crippen LogP contribution in [0.4, 0.5) is 0 Å². The molecule has 13 heavy (non-hydrogen) atoms. The highest BCUT2D eigenvalue weighted by Gasteiger charge is 2.53. The third-order valence-corrected chi connectivity index (χ3v) is 3.83. The number of hydrogen-bond acceptors (Lipinski definition) is 3. The summed E-state index contributed by atoms with van der Waals surface area (Å²) in [6.45, 7) is 2.03. The molecule has 1 aromatic rings. The summed E-state index contributed by atoms with van der Waals surface area (Å²) < 4.78 is 0. The molecule has 1 aliphatic rings. The van der Waals surface area contributed by atoms with Gasteiger partial charge in [-0.3, -0.25) is 4.79 Å². The van der Waals surface area contributed by atoms with E-state index in [0.717, 1.165) is 29.1 Å². The molecule has 2 rings (SSSR count). The molecule has 0 spiro atoms. The predicted octanol–water partition coefficient (Wildman–Crippen LogP) is 1.82. The number of nitrogens with zero attached hydrogens (tertiary/aromatic N) is 1. The van der Waals surface area contributed by atoms with Gasteiger partial charge in [0.1, 0.15) is 5.41 Å². The molecule has 0 aliphatic heterocycles. The summed E-state index contributed by atoms with van der Waals surface area (Å²) in [6, 6.07) is 0. The molecule has 1 saturated carbocycles. The van der Waals surface area contributed by atoms with Gasteiger partial charge in [0.05, 0.1) is 5.01 Å². The van der Waals surface area contributed by atoms with Gasteiger partial charge in [-0.2, -0.15) is 0 Å². The van der Waals surface area contributed by atoms with E-state index in [1.54, 1.807) is 6.20 Å². The second-order valence-corrected chi connectivity index (χ2v) is 4.47. The number of thiazole rings is 1. The average molecular weight is 197 g/mol. The molecule has 70 valence electrons. The third-order valence-electron chi connectivity index (χ3n) is 2.49. The highest BCUT2D eigenvalue weighted by Crippen LogP contribution is 2.50. The predicted molar refractivity (Wildman–Crippen MR) is 50.0 cm³/mol. The van der Waals surface area contributed by atoms with Crippen LogP contribution in [0.15, 0.2) is 6.20 Å². The Morgan fingerprint density at radius 3 is 2.85 bits per heavy atom. The van der Waals surface area contributed by atoms with Crippen molar-refractivity contribution in [3.63, 3.8) is 0 Å². The fourth-order valence-corrected chi connectivity index (χ4v) is 2.48. The van der Waals surface area contributed by atoms with Crippen LogP contribution < -0.4 is 0 Å². The van der Waals surface area contributed by atoms with Crippen LogP contribution in [-0.2, 0) is 16.6 Å². The van der Waals surface area contributed by atoms with Crippen molar-refractivity contribution in [3.8, 4) is 0 Å². The molecular weight excluding hydrogens is 186 g/mol. The van der Waals surface area contributed by atoms with E-state index in [1.165, 1.54) is 11.3 Å². The summed E-state index contributed by atoms with van der Waals surface area (Å²) in [5, 5.41) is 10.0. The van der Waals surface area contributed by atoms with Gasteiger partial charge in [0.2, 0.25) is 0 Å². The quantitative estimate of drug-likeness (QED) is 0.804. The number of aliphatic carboxylic acids is 1. The highest BCUT2D eigenvalue weighted by molar-refractivity contribution is 7.11. The average Bonchev–Trinajstić information content (AvgIpc) is 2.79. The lowest BCUT2D eigenvalue weighted by molar-refractivity contribution is -0.139. The molecule has 0 amide bonds. The number of carboxylic acids is 1. The summed E-state index contributed by atoms with van der Waals surface area (Å²) in [5.74, 6) is -0.696. The van der Waals surface area contributed by atoms with E-state index in [1.807, 2.05) is 6.92 Å². The molecular formula is C9H11NO2S. The van der Waals surface area contributed by atoms with Crippen molar-refractivity contribution >= 4 is 17.3 Å². The Labute approximate surface area is 80.4 Å². The first-order valence-corrected chi connectivity index (χ1v) is 5.19. The van der Waals surface area contributed by atoms with Crippen LogP contribution >= 0.6 is 11.3 Å². The van der Waals surface area contributed by atoms with Crippen LogP contribution in [0, 0.1) is 0 Å². The molecule has 0 unspecified atom stereocenters. The van der Waals surface area contributed by atoms with Crippen molar-refractivity contribution in [2.24, 2.45) is 0 Å². The Morgan fingerprint density at radius 1 is 1.77 bits per heavy atom. The Hall–Kier alpha value is -0.900. The Balaban J connectivity index is 2.30. The van der Waals surface area contributed by atoms with Crippen molar-refractivity contribution in [3.05, 3.63) is 16.1 Å². The lowest BCUT2D eigenvalue weighted by Crippen LogP contribution is -2.17. The topological polar surface area (TPSA) is 50.2 Å². The van der Waals surface area contributed by atoms with Crippen molar-refractivity contribution in [1.82, 2.24) is 4.98 Å². The van der Waals surface area contributed by atoms with Crippen molar-refractivity contribution in [1.29, 1.82) is 0 Å². The first-order valence-electron chi connectivity index (χ1n) is 4.37. The summed E-state index contributed by atoms with van der Waals surface area (Å²) in [4.78, 5) is 16.1. The van der Waals surface area contributed by atoms with E-state index in [-0.39, 0.29) is 0 Å². The lowest BCUT2D eigenvalue weighted by Gasteiger charge is -2.03. The van der Waals surface area contributed by atoms with Crippen molar-refractivity contribution in [2.75, 3.05) is 0 Å². The van der Waals surface area contributed by atoms with Crippen LogP contribution in [0.1, 0.15) is 29.7 Å². The van der Waals surface area contributed by atoms with Crippen molar-refractivity contribution in [2.45, 2.75) is 31.6 Å². The molecule has 1 fully saturated rings. The van der Waals surface area contributed by atoms with Gasteiger partial charge in [-0.25, -0.2) is 4.98 Å². The number of carbonyl (C=O) groups is 1. The maximum atomic E-state index is 11.0. The molecule has 1 aliphatic carbocycles. The van der Waals surface area contributed by atoms with Crippen LogP contribution in [0.3, 0.4) is 0 Å². The normalized spacial score (nSPS) is 18.5. The van der Waals surface area contributed by atoms with E-state index in [0.29, 0.717) is 0 Å². The highest BCUT2D eigenvalue weighted by atomic mass is 32.1. The zero-order valence-electron chi connectivity index (χ0n) is 7.41. The van der Waals surface area contributed by atoms with Gasteiger partial charge in [0, 0.05) is 11.1 Å². The maximum Gasteiger partial charge on any atom is 0.315 e. The Bertz CT molecular complexity index is 341. The molecule has 0 bridgehead atoms. The van der Waals surface area contributed by atoms with Gasteiger partial charge in [-0.15, -0.1) is 11.3 Å². The van der Waals surface area contributed by atoms with Gasteiger partial charge in [0.15, 0.2) is 0 Å². The number of hydrogen-bond donors (Lipinski definition) is 1. The molecule has 0 saturated heterocycles. The fourth-order valence-electron chi connectivity index (χ4n) is 1.39. The van der Waals surface area contributed by atoms with E-state index < -0.39 is 11.4 Å². The van der Waals surface area contributed by atoms with Gasteiger partial charge in [-0.1, -0.05) is 6.92 Å². The van der Waals surface area contributed by atoms with E-state index in [2.05, 4.69) is 4.98 Å². The molecule has 4 heteroatoms. The summed E-state index contributed by atoms with van der Waals surface area (Å²) in [7, 11) is 0. The zero-order valence-corrected chi connectivity index (χ0v) is 8.23. The smallest absolute Gasteiger partial charge is 0.315 e. The minimum absolute atomic E-state index is 0.564.